The fourth-order valence-electron chi connectivity index (χ4n) is 2.84. The molecule has 25 heavy (non-hydrogen) atoms. The Morgan fingerprint density at radius 1 is 1.20 bits per heavy atom. The molecule has 6 heteroatoms. The maximum Gasteiger partial charge on any atom is 0.172 e. The monoisotopic (exact) mass is 356 g/mol. The van der Waals surface area contributed by atoms with Crippen molar-refractivity contribution in [2.45, 2.75) is 19.9 Å². The van der Waals surface area contributed by atoms with Crippen molar-refractivity contribution in [2.24, 2.45) is 0 Å². The lowest BCUT2D eigenvalue weighted by Crippen LogP contribution is -2.36. The Hall–Kier alpha value is -2.18. The highest BCUT2D eigenvalue weighted by Gasteiger charge is 2.12. The van der Waals surface area contributed by atoms with Crippen LogP contribution in [0.3, 0.4) is 0 Å². The topological polar surface area (TPSA) is 49.4 Å². The molecule has 0 spiro atoms. The zero-order valence-corrected chi connectivity index (χ0v) is 15.5. The van der Waals surface area contributed by atoms with E-state index in [1.54, 1.807) is 6.20 Å². The van der Waals surface area contributed by atoms with Gasteiger partial charge in [0.2, 0.25) is 0 Å². The molecule has 1 aromatic heterocycles. The zero-order chi connectivity index (χ0) is 17.6. The number of pyridine rings is 1. The van der Waals surface area contributed by atoms with Crippen molar-refractivity contribution < 1.29 is 4.74 Å². The van der Waals surface area contributed by atoms with Gasteiger partial charge in [-0.15, -0.1) is 0 Å². The second kappa shape index (κ2) is 8.27. The van der Waals surface area contributed by atoms with E-state index >= 15 is 0 Å². The average Bonchev–Trinajstić information content (AvgIpc) is 2.64. The van der Waals surface area contributed by atoms with Gasteiger partial charge in [-0.25, -0.2) is 4.98 Å². The summed E-state index contributed by atoms with van der Waals surface area (Å²) >= 11 is 5.42. The van der Waals surface area contributed by atoms with Crippen molar-refractivity contribution in [3.63, 3.8) is 0 Å². The minimum absolute atomic E-state index is 0.114. The van der Waals surface area contributed by atoms with Crippen LogP contribution in [0.1, 0.15) is 24.1 Å². The molecule has 1 saturated heterocycles. The maximum atomic E-state index is 5.42. The van der Waals surface area contributed by atoms with Gasteiger partial charge in [0.1, 0.15) is 5.82 Å². The number of ether oxygens (including phenoxy) is 1. The van der Waals surface area contributed by atoms with Gasteiger partial charge in [0.05, 0.1) is 19.3 Å². The smallest absolute Gasteiger partial charge is 0.172 e. The van der Waals surface area contributed by atoms with Crippen molar-refractivity contribution in [3.8, 4) is 0 Å². The van der Waals surface area contributed by atoms with Crippen LogP contribution in [0, 0.1) is 6.92 Å². The summed E-state index contributed by atoms with van der Waals surface area (Å²) in [5.41, 5.74) is 3.50. The Morgan fingerprint density at radius 3 is 2.60 bits per heavy atom. The van der Waals surface area contributed by atoms with Crippen LogP contribution in [-0.2, 0) is 4.74 Å². The van der Waals surface area contributed by atoms with Crippen molar-refractivity contribution in [2.75, 3.05) is 36.5 Å². The Morgan fingerprint density at radius 2 is 1.92 bits per heavy atom. The molecule has 1 atom stereocenters. The molecule has 1 aromatic carbocycles. The molecule has 0 saturated carbocycles. The van der Waals surface area contributed by atoms with Crippen LogP contribution in [0.4, 0.5) is 11.5 Å². The van der Waals surface area contributed by atoms with E-state index in [9.17, 15) is 0 Å². The van der Waals surface area contributed by atoms with Gasteiger partial charge in [-0.1, -0.05) is 18.2 Å². The van der Waals surface area contributed by atoms with Gasteiger partial charge in [-0.05, 0) is 55.4 Å². The van der Waals surface area contributed by atoms with E-state index in [0.717, 1.165) is 37.7 Å². The van der Waals surface area contributed by atoms with E-state index in [0.29, 0.717) is 5.11 Å². The molecule has 1 fully saturated rings. The van der Waals surface area contributed by atoms with Crippen molar-refractivity contribution >= 4 is 28.8 Å². The number of thiocarbonyl (C=S) groups is 1. The van der Waals surface area contributed by atoms with Gasteiger partial charge in [0, 0.05) is 25.0 Å². The molecule has 0 bridgehead atoms. The van der Waals surface area contributed by atoms with Crippen LogP contribution >= 0.6 is 12.2 Å². The minimum atomic E-state index is 0.114. The summed E-state index contributed by atoms with van der Waals surface area (Å²) in [4.78, 5) is 6.66. The molecule has 3 rings (SSSR count). The number of benzene rings is 1. The third kappa shape index (κ3) is 4.67. The van der Waals surface area contributed by atoms with Crippen LogP contribution in [0.25, 0.3) is 0 Å². The predicted molar refractivity (Wildman–Crippen MR) is 106 cm³/mol. The molecule has 0 aliphatic carbocycles. The summed E-state index contributed by atoms with van der Waals surface area (Å²) in [6.45, 7) is 7.60. The third-order valence-corrected chi connectivity index (χ3v) is 4.58. The normalized spacial score (nSPS) is 15.5. The van der Waals surface area contributed by atoms with Crippen LogP contribution in [0.2, 0.25) is 0 Å². The highest BCUT2D eigenvalue weighted by molar-refractivity contribution is 7.80. The number of nitrogens with zero attached hydrogens (tertiary/aromatic N) is 2. The van der Waals surface area contributed by atoms with Crippen molar-refractivity contribution in [3.05, 3.63) is 53.7 Å². The number of morpholine rings is 1. The summed E-state index contributed by atoms with van der Waals surface area (Å²) in [6, 6.07) is 12.7. The zero-order valence-electron chi connectivity index (χ0n) is 14.7. The van der Waals surface area contributed by atoms with Crippen LogP contribution < -0.4 is 15.5 Å². The minimum Gasteiger partial charge on any atom is -0.378 e. The Kier molecular flexibility index (Phi) is 5.83. The highest BCUT2D eigenvalue weighted by Crippen LogP contribution is 2.20. The van der Waals surface area contributed by atoms with Gasteiger partial charge in [0.15, 0.2) is 5.11 Å². The Bertz CT molecular complexity index is 714. The van der Waals surface area contributed by atoms with Gasteiger partial charge in [-0.2, -0.15) is 0 Å². The second-order valence-electron chi connectivity index (χ2n) is 6.18. The Balaban J connectivity index is 1.58. The molecule has 132 valence electrons. The first kappa shape index (κ1) is 17.6. The summed E-state index contributed by atoms with van der Waals surface area (Å²) in [6.07, 6.45) is 1.76. The van der Waals surface area contributed by atoms with E-state index in [-0.39, 0.29) is 6.04 Å². The number of hydrogen-bond donors (Lipinski definition) is 2. The third-order valence-electron chi connectivity index (χ3n) is 4.36. The quantitative estimate of drug-likeness (QED) is 0.820. The van der Waals surface area contributed by atoms with E-state index in [2.05, 4.69) is 51.7 Å². The summed E-state index contributed by atoms with van der Waals surface area (Å²) in [7, 11) is 0. The number of anilines is 2. The van der Waals surface area contributed by atoms with E-state index in [1.165, 1.54) is 11.3 Å². The standard InChI is InChI=1S/C19H24N4OS/c1-14-4-3-9-20-18(14)22-19(25)21-15(2)16-5-7-17(8-6-16)23-10-12-24-13-11-23/h3-9,15H,10-13H2,1-2H3,(H2,20,21,22,25)/t15-/m0/s1. The number of aromatic nitrogens is 1. The largest absolute Gasteiger partial charge is 0.378 e. The first-order valence-electron chi connectivity index (χ1n) is 8.55. The van der Waals surface area contributed by atoms with Crippen LogP contribution in [-0.4, -0.2) is 36.4 Å². The van der Waals surface area contributed by atoms with E-state index in [1.807, 2.05) is 19.1 Å². The highest BCUT2D eigenvalue weighted by atomic mass is 32.1. The first-order chi connectivity index (χ1) is 12.1. The summed E-state index contributed by atoms with van der Waals surface area (Å²) < 4.78 is 5.41. The number of hydrogen-bond acceptors (Lipinski definition) is 4. The molecule has 5 nitrogen and oxygen atoms in total. The molecule has 2 aromatic rings. The lowest BCUT2D eigenvalue weighted by molar-refractivity contribution is 0.122. The van der Waals surface area contributed by atoms with Crippen molar-refractivity contribution in [1.29, 1.82) is 0 Å². The second-order valence-corrected chi connectivity index (χ2v) is 6.59. The summed E-state index contributed by atoms with van der Waals surface area (Å²) in [5, 5.41) is 7.05. The fourth-order valence-corrected chi connectivity index (χ4v) is 3.11. The van der Waals surface area contributed by atoms with Crippen LogP contribution in [0.5, 0.6) is 0 Å². The van der Waals surface area contributed by atoms with E-state index in [4.69, 9.17) is 17.0 Å². The van der Waals surface area contributed by atoms with Crippen molar-refractivity contribution in [1.82, 2.24) is 10.3 Å². The molecular formula is C19H24N4OS. The molecule has 0 unspecified atom stereocenters. The Labute approximate surface area is 154 Å². The van der Waals surface area contributed by atoms with Gasteiger partial charge < -0.3 is 20.3 Å². The number of nitrogens with one attached hydrogen (secondary N) is 2. The molecule has 1 aliphatic heterocycles. The predicted octanol–water partition coefficient (Wildman–Crippen LogP) is 3.27. The van der Waals surface area contributed by atoms with Gasteiger partial charge >= 0.3 is 0 Å². The summed E-state index contributed by atoms with van der Waals surface area (Å²) in [5.74, 6) is 0.787. The SMILES string of the molecule is Cc1cccnc1NC(=S)N[C@@H](C)c1ccc(N2CCOCC2)cc1. The average molecular weight is 356 g/mol. The molecule has 0 amide bonds. The first-order valence-corrected chi connectivity index (χ1v) is 8.96. The maximum absolute atomic E-state index is 5.42. The molecule has 2 heterocycles. The number of aryl methyl sites for hydroxylation is 1. The molecule has 1 aliphatic rings. The lowest BCUT2D eigenvalue weighted by Gasteiger charge is -2.29. The van der Waals surface area contributed by atoms with E-state index < -0.39 is 0 Å². The van der Waals surface area contributed by atoms with Gasteiger partial charge in [0.25, 0.3) is 0 Å². The molecule has 0 radical (unpaired) electrons. The fraction of sp³-hybridized carbons (Fsp3) is 0.368. The lowest BCUT2D eigenvalue weighted by atomic mass is 10.1. The van der Waals surface area contributed by atoms with Gasteiger partial charge in [-0.3, -0.25) is 0 Å². The molecule has 2 N–H and O–H groups in total. The van der Waals surface area contributed by atoms with Crippen LogP contribution in [0.15, 0.2) is 42.6 Å². The molecular weight excluding hydrogens is 332 g/mol. The number of rotatable bonds is 4.